The fourth-order valence-corrected chi connectivity index (χ4v) is 7.14. The zero-order valence-corrected chi connectivity index (χ0v) is 13.7. The van der Waals surface area contributed by atoms with E-state index in [0.29, 0.717) is 12.3 Å². The Balaban J connectivity index is 1.78. The maximum Gasteiger partial charge on any atom is 0.316 e. The number of carboxylic acids is 1. The number of carboxylic acid groups (broad SMARTS) is 1. The van der Waals surface area contributed by atoms with Crippen molar-refractivity contribution >= 4 is 11.9 Å². The number of esters is 1. The molecule has 0 aromatic heterocycles. The minimum absolute atomic E-state index is 0.00104. The molecule has 8 atom stereocenters. The fraction of sp³-hybridized carbons (Fsp3) is 0.684. The summed E-state index contributed by atoms with van der Waals surface area (Å²) in [7, 11) is 0. The highest BCUT2D eigenvalue weighted by Crippen LogP contribution is 2.76. The van der Waals surface area contributed by atoms with E-state index in [4.69, 9.17) is 4.74 Å². The van der Waals surface area contributed by atoms with Crippen LogP contribution in [0.15, 0.2) is 24.3 Å². The average molecular weight is 330 g/mol. The van der Waals surface area contributed by atoms with Gasteiger partial charge < -0.3 is 14.9 Å². The highest BCUT2D eigenvalue weighted by molar-refractivity contribution is 5.86. The molecule has 2 unspecified atom stereocenters. The third-order valence-electron chi connectivity index (χ3n) is 8.02. The Kier molecular flexibility index (Phi) is 2.42. The van der Waals surface area contributed by atoms with E-state index in [9.17, 15) is 19.8 Å². The minimum atomic E-state index is -1.18. The molecule has 5 rings (SSSR count). The third-order valence-corrected chi connectivity index (χ3v) is 8.02. The molecular formula is C19H22O5. The number of carbonyl (C=O) groups excluding carboxylic acids is 1. The number of allylic oxidation sites excluding steroid dienone is 1. The molecule has 24 heavy (non-hydrogen) atoms. The van der Waals surface area contributed by atoms with Gasteiger partial charge in [0.1, 0.15) is 11.0 Å². The van der Waals surface area contributed by atoms with Gasteiger partial charge in [0.25, 0.3) is 0 Å². The molecule has 2 N–H and O–H groups in total. The maximum atomic E-state index is 12.7. The van der Waals surface area contributed by atoms with E-state index >= 15 is 0 Å². The molecule has 1 aliphatic heterocycles. The van der Waals surface area contributed by atoms with Gasteiger partial charge in [-0.25, -0.2) is 0 Å². The predicted octanol–water partition coefficient (Wildman–Crippen LogP) is 1.91. The van der Waals surface area contributed by atoms with Crippen molar-refractivity contribution in [3.05, 3.63) is 24.3 Å². The van der Waals surface area contributed by atoms with Gasteiger partial charge in [-0.05, 0) is 50.0 Å². The van der Waals surface area contributed by atoms with Gasteiger partial charge in [0.05, 0.1) is 12.0 Å². The van der Waals surface area contributed by atoms with Gasteiger partial charge in [-0.1, -0.05) is 18.2 Å². The van der Waals surface area contributed by atoms with Crippen LogP contribution in [0.3, 0.4) is 0 Å². The summed E-state index contributed by atoms with van der Waals surface area (Å²) < 4.78 is 5.92. The quantitative estimate of drug-likeness (QED) is 0.567. The Bertz CT molecular complexity index is 725. The van der Waals surface area contributed by atoms with Crippen molar-refractivity contribution in [3.63, 3.8) is 0 Å². The third kappa shape index (κ3) is 1.25. The molecule has 5 heteroatoms. The highest BCUT2D eigenvalue weighted by Gasteiger charge is 2.82. The lowest BCUT2D eigenvalue weighted by molar-refractivity contribution is -0.161. The zero-order chi connectivity index (χ0) is 17.1. The summed E-state index contributed by atoms with van der Waals surface area (Å²) in [5.41, 5.74) is -1.30. The van der Waals surface area contributed by atoms with Crippen LogP contribution >= 0.6 is 0 Å². The van der Waals surface area contributed by atoms with Crippen molar-refractivity contribution in [2.45, 2.75) is 44.3 Å². The van der Waals surface area contributed by atoms with E-state index in [1.807, 2.05) is 6.08 Å². The molecule has 4 bridgehead atoms. The van der Waals surface area contributed by atoms with Crippen molar-refractivity contribution in [2.24, 2.45) is 34.5 Å². The predicted molar refractivity (Wildman–Crippen MR) is 83.7 cm³/mol. The number of aliphatic hydroxyl groups excluding tert-OH is 1. The lowest BCUT2D eigenvalue weighted by Crippen LogP contribution is -2.50. The van der Waals surface area contributed by atoms with Crippen LogP contribution in [0.5, 0.6) is 0 Å². The minimum Gasteiger partial charge on any atom is -0.481 e. The number of ether oxygens (including phenoxy) is 1. The van der Waals surface area contributed by atoms with Gasteiger partial charge in [0, 0.05) is 11.8 Å². The number of aliphatic hydroxyl groups is 1. The molecule has 0 aromatic carbocycles. The topological polar surface area (TPSA) is 83.8 Å². The van der Waals surface area contributed by atoms with Crippen molar-refractivity contribution in [3.8, 4) is 0 Å². The average Bonchev–Trinajstić information content (AvgIpc) is 2.98. The van der Waals surface area contributed by atoms with Crippen LogP contribution in [0.25, 0.3) is 0 Å². The summed E-state index contributed by atoms with van der Waals surface area (Å²) in [4.78, 5) is 25.0. The summed E-state index contributed by atoms with van der Waals surface area (Å²) in [6.07, 6.45) is 5.83. The second-order valence-electron chi connectivity index (χ2n) is 8.72. The maximum absolute atomic E-state index is 12.7. The highest BCUT2D eigenvalue weighted by atomic mass is 16.6. The first-order chi connectivity index (χ1) is 11.3. The summed E-state index contributed by atoms with van der Waals surface area (Å²) in [6, 6.07) is 0. The van der Waals surface area contributed by atoms with Crippen LogP contribution < -0.4 is 0 Å². The Morgan fingerprint density at radius 3 is 2.88 bits per heavy atom. The number of fused-ring (bicyclic) bond motifs is 1. The van der Waals surface area contributed by atoms with E-state index in [2.05, 4.69) is 6.58 Å². The second-order valence-corrected chi connectivity index (χ2v) is 8.72. The van der Waals surface area contributed by atoms with Crippen molar-refractivity contribution in [1.29, 1.82) is 0 Å². The largest absolute Gasteiger partial charge is 0.481 e. The Morgan fingerprint density at radius 2 is 2.17 bits per heavy atom. The van der Waals surface area contributed by atoms with Crippen molar-refractivity contribution in [2.75, 3.05) is 0 Å². The van der Waals surface area contributed by atoms with Crippen LogP contribution in [-0.4, -0.2) is 33.9 Å². The van der Waals surface area contributed by atoms with E-state index in [-0.39, 0.29) is 5.92 Å². The Labute approximate surface area is 140 Å². The van der Waals surface area contributed by atoms with Crippen LogP contribution in [0.4, 0.5) is 0 Å². The molecule has 1 spiro atoms. The number of hydrogen-bond acceptors (Lipinski definition) is 4. The van der Waals surface area contributed by atoms with Gasteiger partial charge in [-0.3, -0.25) is 9.59 Å². The Hall–Kier alpha value is -1.62. The molecule has 5 aliphatic rings. The standard InChI is InChI=1S/C19H22O5/c1-9-7-18-8-10(9)3-4-11(18)19-6-5-12(20)17(2,16(23)24-19)14(19)13(18)15(21)22/h5-6,10-14,20H,1,3-4,7-8H2,2H3,(H,21,22)/t10-,11-,12+,13-,14?,17?,18+,19-/m1/s1. The smallest absolute Gasteiger partial charge is 0.316 e. The number of rotatable bonds is 1. The molecule has 0 amide bonds. The van der Waals surface area contributed by atoms with E-state index < -0.39 is 46.3 Å². The summed E-state index contributed by atoms with van der Waals surface area (Å²) in [5, 5.41) is 20.7. The van der Waals surface area contributed by atoms with Crippen LogP contribution in [0.2, 0.25) is 0 Å². The molecule has 4 fully saturated rings. The Morgan fingerprint density at radius 1 is 1.42 bits per heavy atom. The lowest BCUT2D eigenvalue weighted by Gasteiger charge is -2.42. The molecule has 3 saturated carbocycles. The van der Waals surface area contributed by atoms with Gasteiger partial charge in [-0.15, -0.1) is 0 Å². The zero-order valence-electron chi connectivity index (χ0n) is 13.7. The molecular weight excluding hydrogens is 308 g/mol. The number of aliphatic carboxylic acids is 1. The fourth-order valence-electron chi connectivity index (χ4n) is 7.14. The van der Waals surface area contributed by atoms with Gasteiger partial charge in [-0.2, -0.15) is 0 Å². The van der Waals surface area contributed by atoms with Gasteiger partial charge >= 0.3 is 11.9 Å². The summed E-state index contributed by atoms with van der Waals surface area (Å²) in [5.74, 6) is -2.12. The number of hydrogen-bond donors (Lipinski definition) is 2. The normalized spacial score (nSPS) is 56.8. The van der Waals surface area contributed by atoms with Crippen LogP contribution in [0, 0.1) is 34.5 Å². The first kappa shape index (κ1) is 14.7. The van der Waals surface area contributed by atoms with Crippen molar-refractivity contribution < 1.29 is 24.5 Å². The molecule has 128 valence electrons. The van der Waals surface area contributed by atoms with Crippen LogP contribution in [0.1, 0.15) is 32.6 Å². The van der Waals surface area contributed by atoms with Crippen molar-refractivity contribution in [1.82, 2.24) is 0 Å². The molecule has 1 heterocycles. The van der Waals surface area contributed by atoms with Crippen LogP contribution in [-0.2, 0) is 14.3 Å². The first-order valence-corrected chi connectivity index (χ1v) is 8.79. The number of carbonyl (C=O) groups is 2. The molecule has 1 saturated heterocycles. The molecule has 4 aliphatic carbocycles. The SMILES string of the molecule is C=C1C[C@]23C[C@H]1CC[C@H]2[C@@]12C=C[C@H](O)C(C)(C(=O)O1)C2[C@@H]3C(=O)O. The lowest BCUT2D eigenvalue weighted by atomic mass is 9.61. The van der Waals surface area contributed by atoms with E-state index in [1.54, 1.807) is 13.0 Å². The molecule has 5 nitrogen and oxygen atoms in total. The van der Waals surface area contributed by atoms with E-state index in [1.165, 1.54) is 0 Å². The summed E-state index contributed by atoms with van der Waals surface area (Å²) >= 11 is 0. The van der Waals surface area contributed by atoms with Gasteiger partial charge in [0.15, 0.2) is 0 Å². The monoisotopic (exact) mass is 330 g/mol. The molecule has 0 radical (unpaired) electrons. The van der Waals surface area contributed by atoms with Gasteiger partial charge in [0.2, 0.25) is 0 Å². The first-order valence-electron chi connectivity index (χ1n) is 8.79. The molecule has 0 aromatic rings. The second kappa shape index (κ2) is 3.96. The summed E-state index contributed by atoms with van der Waals surface area (Å²) in [6.45, 7) is 5.88. The van der Waals surface area contributed by atoms with E-state index in [0.717, 1.165) is 24.8 Å².